The molecule has 38 heavy (non-hydrogen) atoms. The van der Waals surface area contributed by atoms with Crippen molar-refractivity contribution in [1.29, 1.82) is 0 Å². The molecule has 0 saturated carbocycles. The summed E-state index contributed by atoms with van der Waals surface area (Å²) in [6.07, 6.45) is -4.65. The van der Waals surface area contributed by atoms with Crippen LogP contribution in [0.25, 0.3) is 0 Å². The van der Waals surface area contributed by atoms with Crippen molar-refractivity contribution < 1.29 is 36.3 Å². The van der Waals surface area contributed by atoms with E-state index >= 15 is 0 Å². The lowest BCUT2D eigenvalue weighted by Gasteiger charge is -2.39. The van der Waals surface area contributed by atoms with Crippen LogP contribution < -0.4 is 10.1 Å². The molecule has 0 radical (unpaired) electrons. The minimum absolute atomic E-state index is 0.0877. The number of hydrogen-bond donors (Lipinski definition) is 1. The Morgan fingerprint density at radius 2 is 1.55 bits per heavy atom. The molecule has 12 heteroatoms. The van der Waals surface area contributed by atoms with Gasteiger partial charge < -0.3 is 19.7 Å². The van der Waals surface area contributed by atoms with Crippen molar-refractivity contribution >= 4 is 5.69 Å². The monoisotopic (exact) mass is 535 g/mol. The van der Waals surface area contributed by atoms with Gasteiger partial charge >= 0.3 is 6.36 Å². The van der Waals surface area contributed by atoms with Crippen molar-refractivity contribution in [3.05, 3.63) is 118 Å². The molecule has 3 aromatic carbocycles. The Balaban J connectivity index is 1.59. The first-order chi connectivity index (χ1) is 18.1. The number of nitro groups is 1. The van der Waals surface area contributed by atoms with Gasteiger partial charge in [0.05, 0.1) is 17.6 Å². The zero-order chi connectivity index (χ0) is 27.3. The molecule has 3 aromatic rings. The predicted octanol–water partition coefficient (Wildman–Crippen LogP) is 5.88. The number of halogens is 5. The van der Waals surface area contributed by atoms with Gasteiger partial charge in [-0.2, -0.15) is 0 Å². The smallest absolute Gasteiger partial charge is 0.406 e. The summed E-state index contributed by atoms with van der Waals surface area (Å²) in [5.41, 5.74) is 1.71. The fourth-order valence-electron chi connectivity index (χ4n) is 4.24. The van der Waals surface area contributed by atoms with Crippen LogP contribution in [0.15, 0.2) is 84.8 Å². The van der Waals surface area contributed by atoms with E-state index in [1.807, 2.05) is 0 Å². The van der Waals surface area contributed by atoms with Gasteiger partial charge in [0.25, 0.3) is 6.20 Å². The molecule has 0 aromatic heterocycles. The summed E-state index contributed by atoms with van der Waals surface area (Å²) in [6.45, 7) is 0.637. The van der Waals surface area contributed by atoms with E-state index in [1.54, 1.807) is 29.2 Å². The van der Waals surface area contributed by atoms with Gasteiger partial charge in [-0.3, -0.25) is 10.1 Å². The second-order valence-electron chi connectivity index (χ2n) is 8.43. The van der Waals surface area contributed by atoms with Crippen LogP contribution in [0.4, 0.5) is 27.6 Å². The van der Waals surface area contributed by atoms with Crippen molar-refractivity contribution in [2.75, 3.05) is 25.0 Å². The molecular weight excluding hydrogens is 513 g/mol. The minimum atomic E-state index is -4.85. The van der Waals surface area contributed by atoms with Crippen LogP contribution in [-0.4, -0.2) is 42.0 Å². The molecule has 1 saturated heterocycles. The first-order valence-electron chi connectivity index (χ1n) is 11.4. The molecule has 1 heterocycles. The second kappa shape index (κ2) is 11.5. The van der Waals surface area contributed by atoms with E-state index in [0.29, 0.717) is 16.8 Å². The summed E-state index contributed by atoms with van der Waals surface area (Å²) in [5.74, 6) is -1.65. The molecular formula is C26H22F5N3O4. The van der Waals surface area contributed by atoms with Crippen LogP contribution in [0.3, 0.4) is 0 Å². The van der Waals surface area contributed by atoms with Crippen molar-refractivity contribution in [2.45, 2.75) is 18.4 Å². The summed E-state index contributed by atoms with van der Waals surface area (Å²) in [7, 11) is 0. The largest absolute Gasteiger partial charge is 0.573 e. The standard InChI is InChI=1S/C26H22F5N3O4/c27-19-5-1-17(2-6-19)25(18-3-7-20(28)8-4-18)23-15-33(13-14-37-23)24(16-34(35)36)32-21-9-11-22(12-10-21)38-26(29,30)31/h1-12,16,23,25,32H,13-15H2. The average molecular weight is 535 g/mol. The molecule has 200 valence electrons. The van der Waals surface area contributed by atoms with Gasteiger partial charge in [0.2, 0.25) is 0 Å². The van der Waals surface area contributed by atoms with Crippen LogP contribution in [0, 0.1) is 21.7 Å². The quantitative estimate of drug-likeness (QED) is 0.221. The number of anilines is 1. The van der Waals surface area contributed by atoms with Crippen LogP contribution in [0.5, 0.6) is 5.75 Å². The summed E-state index contributed by atoms with van der Waals surface area (Å²) in [4.78, 5) is 12.4. The van der Waals surface area contributed by atoms with Gasteiger partial charge in [0.15, 0.2) is 5.82 Å². The van der Waals surface area contributed by atoms with E-state index in [2.05, 4.69) is 10.1 Å². The zero-order valence-electron chi connectivity index (χ0n) is 19.7. The van der Waals surface area contributed by atoms with Gasteiger partial charge in [-0.25, -0.2) is 8.78 Å². The van der Waals surface area contributed by atoms with Crippen LogP contribution in [0.2, 0.25) is 0 Å². The Labute approximate surface area is 214 Å². The third-order valence-electron chi connectivity index (χ3n) is 5.85. The number of ether oxygens (including phenoxy) is 2. The Morgan fingerprint density at radius 3 is 2.05 bits per heavy atom. The molecule has 1 N–H and O–H groups in total. The molecule has 1 atom stereocenters. The number of rotatable bonds is 8. The Kier molecular flexibility index (Phi) is 8.10. The maximum Gasteiger partial charge on any atom is 0.573 e. The van der Waals surface area contributed by atoms with E-state index in [4.69, 9.17) is 4.74 Å². The number of morpholine rings is 1. The number of nitrogens with zero attached hydrogens (tertiary/aromatic N) is 2. The molecule has 0 spiro atoms. The van der Waals surface area contributed by atoms with Crippen molar-refractivity contribution in [3.63, 3.8) is 0 Å². The van der Waals surface area contributed by atoms with Gasteiger partial charge in [0.1, 0.15) is 17.4 Å². The minimum Gasteiger partial charge on any atom is -0.406 e. The number of benzene rings is 3. The molecule has 1 aliphatic rings. The predicted molar refractivity (Wildman–Crippen MR) is 128 cm³/mol. The Bertz CT molecular complexity index is 1220. The first-order valence-corrected chi connectivity index (χ1v) is 11.4. The molecule has 0 amide bonds. The van der Waals surface area contributed by atoms with E-state index in [0.717, 1.165) is 18.3 Å². The van der Waals surface area contributed by atoms with Crippen molar-refractivity contribution in [1.82, 2.24) is 4.90 Å². The zero-order valence-corrected chi connectivity index (χ0v) is 19.7. The Hall–Kier alpha value is -4.19. The molecule has 1 fully saturated rings. The highest BCUT2D eigenvalue weighted by Crippen LogP contribution is 2.33. The number of nitrogens with one attached hydrogen (secondary N) is 1. The summed E-state index contributed by atoms with van der Waals surface area (Å²) < 4.78 is 74.5. The molecule has 0 bridgehead atoms. The lowest BCUT2D eigenvalue weighted by atomic mass is 9.85. The molecule has 1 unspecified atom stereocenters. The Morgan fingerprint density at radius 1 is 1.00 bits per heavy atom. The van der Waals surface area contributed by atoms with Crippen LogP contribution >= 0.6 is 0 Å². The van der Waals surface area contributed by atoms with Gasteiger partial charge in [0, 0.05) is 24.7 Å². The third-order valence-corrected chi connectivity index (χ3v) is 5.85. The van der Waals surface area contributed by atoms with E-state index in [-0.39, 0.29) is 25.5 Å². The first kappa shape index (κ1) is 26.9. The van der Waals surface area contributed by atoms with E-state index < -0.39 is 40.7 Å². The van der Waals surface area contributed by atoms with E-state index in [9.17, 15) is 32.1 Å². The molecule has 1 aliphatic heterocycles. The molecule has 7 nitrogen and oxygen atoms in total. The van der Waals surface area contributed by atoms with Crippen molar-refractivity contribution in [3.8, 4) is 5.75 Å². The SMILES string of the molecule is O=[N+]([O-])C=C(Nc1ccc(OC(F)(F)F)cc1)N1CCOC(C(c2ccc(F)cc2)c2ccc(F)cc2)C1. The van der Waals surface area contributed by atoms with E-state index in [1.165, 1.54) is 36.4 Å². The third kappa shape index (κ3) is 7.19. The van der Waals surface area contributed by atoms with Crippen LogP contribution in [0.1, 0.15) is 17.0 Å². The van der Waals surface area contributed by atoms with Crippen LogP contribution in [-0.2, 0) is 4.74 Å². The highest BCUT2D eigenvalue weighted by atomic mass is 19.4. The molecule has 0 aliphatic carbocycles. The lowest BCUT2D eigenvalue weighted by Crippen LogP contribution is -2.46. The highest BCUT2D eigenvalue weighted by Gasteiger charge is 2.33. The van der Waals surface area contributed by atoms with Gasteiger partial charge in [-0.05, 0) is 59.7 Å². The second-order valence-corrected chi connectivity index (χ2v) is 8.43. The lowest BCUT2D eigenvalue weighted by molar-refractivity contribution is -0.404. The van der Waals surface area contributed by atoms with Gasteiger partial charge in [-0.1, -0.05) is 24.3 Å². The summed E-state index contributed by atoms with van der Waals surface area (Å²) >= 11 is 0. The molecule has 4 rings (SSSR count). The normalized spacial score (nSPS) is 16.4. The fourth-order valence-corrected chi connectivity index (χ4v) is 4.24. The number of hydrogen-bond acceptors (Lipinski definition) is 6. The fraction of sp³-hybridized carbons (Fsp3) is 0.231. The van der Waals surface area contributed by atoms with Crippen molar-refractivity contribution in [2.24, 2.45) is 0 Å². The average Bonchev–Trinajstić information content (AvgIpc) is 2.86. The number of alkyl halides is 3. The maximum atomic E-state index is 13.6. The summed E-state index contributed by atoms with van der Waals surface area (Å²) in [6, 6.07) is 16.4. The summed E-state index contributed by atoms with van der Waals surface area (Å²) in [5, 5.41) is 14.3. The maximum absolute atomic E-state index is 13.6. The highest BCUT2D eigenvalue weighted by molar-refractivity contribution is 5.50. The van der Waals surface area contributed by atoms with Gasteiger partial charge in [-0.15, -0.1) is 13.2 Å². The topological polar surface area (TPSA) is 76.9 Å².